The molecule has 20 heavy (non-hydrogen) atoms. The van der Waals surface area contributed by atoms with Crippen LogP contribution in [-0.4, -0.2) is 24.1 Å². The Morgan fingerprint density at radius 1 is 1.30 bits per heavy atom. The number of hydrogen-bond acceptors (Lipinski definition) is 1. The van der Waals surface area contributed by atoms with Gasteiger partial charge < -0.3 is 15.2 Å². The molecule has 1 aromatic heterocycles. The molecule has 0 aromatic carbocycles. The number of aromatic nitrogens is 1. The average Bonchev–Trinajstić information content (AvgIpc) is 2.73. The summed E-state index contributed by atoms with van der Waals surface area (Å²) < 4.78 is 2.05. The van der Waals surface area contributed by atoms with Crippen LogP contribution in [-0.2, 0) is 13.6 Å². The molecule has 0 unspecified atom stereocenters. The Hall–Kier alpha value is -0.720. The van der Waals surface area contributed by atoms with Crippen molar-refractivity contribution in [3.05, 3.63) is 24.0 Å². The van der Waals surface area contributed by atoms with Crippen LogP contribution in [0.5, 0.6) is 0 Å². The molecule has 116 valence electrons. The summed E-state index contributed by atoms with van der Waals surface area (Å²) in [6.07, 6.45) is 6.54. The van der Waals surface area contributed by atoms with Gasteiger partial charge in [-0.3, -0.25) is 4.99 Å². The predicted molar refractivity (Wildman–Crippen MR) is 97.7 cm³/mol. The van der Waals surface area contributed by atoms with E-state index in [4.69, 9.17) is 0 Å². The lowest BCUT2D eigenvalue weighted by molar-refractivity contribution is 0.365. The quantitative estimate of drug-likeness (QED) is 0.350. The van der Waals surface area contributed by atoms with Crippen LogP contribution in [0.4, 0.5) is 0 Å². The van der Waals surface area contributed by atoms with E-state index >= 15 is 0 Å². The lowest BCUT2D eigenvalue weighted by Crippen LogP contribution is -2.37. The van der Waals surface area contributed by atoms with Crippen molar-refractivity contribution in [2.45, 2.75) is 40.2 Å². The molecular weight excluding hydrogens is 363 g/mol. The molecule has 1 aromatic rings. The molecule has 0 amide bonds. The molecule has 0 aliphatic heterocycles. The second-order valence-electron chi connectivity index (χ2n) is 6.20. The van der Waals surface area contributed by atoms with E-state index in [2.05, 4.69) is 59.4 Å². The molecule has 0 radical (unpaired) electrons. The van der Waals surface area contributed by atoms with E-state index in [9.17, 15) is 0 Å². The second-order valence-corrected chi connectivity index (χ2v) is 6.20. The third kappa shape index (κ3) is 8.45. The molecule has 2 N–H and O–H groups in total. The number of nitrogens with zero attached hydrogens (tertiary/aromatic N) is 2. The van der Waals surface area contributed by atoms with E-state index in [1.807, 2.05) is 14.1 Å². The summed E-state index contributed by atoms with van der Waals surface area (Å²) in [7, 11) is 3.84. The molecule has 1 heterocycles. The molecule has 0 fully saturated rings. The van der Waals surface area contributed by atoms with Crippen LogP contribution < -0.4 is 10.6 Å². The highest BCUT2D eigenvalue weighted by molar-refractivity contribution is 14.0. The number of halogens is 1. The number of nitrogens with one attached hydrogen (secondary N) is 2. The minimum atomic E-state index is 0. The van der Waals surface area contributed by atoms with E-state index in [1.165, 1.54) is 12.0 Å². The van der Waals surface area contributed by atoms with Crippen molar-refractivity contribution in [3.8, 4) is 0 Å². The van der Waals surface area contributed by atoms with Crippen LogP contribution in [0.2, 0.25) is 0 Å². The summed E-state index contributed by atoms with van der Waals surface area (Å²) in [4.78, 5) is 4.23. The van der Waals surface area contributed by atoms with E-state index in [-0.39, 0.29) is 24.0 Å². The third-order valence-electron chi connectivity index (χ3n) is 2.97. The number of rotatable bonds is 5. The highest BCUT2D eigenvalue weighted by Crippen LogP contribution is 2.19. The molecule has 0 atom stereocenters. The van der Waals surface area contributed by atoms with Crippen LogP contribution >= 0.6 is 24.0 Å². The number of aryl methyl sites for hydroxylation is 1. The summed E-state index contributed by atoms with van der Waals surface area (Å²) in [5.41, 5.74) is 1.67. The zero-order valence-electron chi connectivity index (χ0n) is 13.4. The second kappa shape index (κ2) is 9.26. The Balaban J connectivity index is 0.00000361. The van der Waals surface area contributed by atoms with E-state index in [0.717, 1.165) is 25.5 Å². The zero-order valence-corrected chi connectivity index (χ0v) is 15.7. The minimum Gasteiger partial charge on any atom is -0.357 e. The molecule has 4 nitrogen and oxygen atoms in total. The third-order valence-corrected chi connectivity index (χ3v) is 2.97. The fourth-order valence-electron chi connectivity index (χ4n) is 1.90. The van der Waals surface area contributed by atoms with E-state index < -0.39 is 0 Å². The molecule has 0 aliphatic rings. The molecule has 0 aliphatic carbocycles. The van der Waals surface area contributed by atoms with E-state index in [0.29, 0.717) is 5.41 Å². The Morgan fingerprint density at radius 2 is 2.00 bits per heavy atom. The first-order valence-electron chi connectivity index (χ1n) is 6.96. The fourth-order valence-corrected chi connectivity index (χ4v) is 1.90. The Labute approximate surface area is 140 Å². The molecule has 5 heteroatoms. The Morgan fingerprint density at radius 3 is 2.50 bits per heavy atom. The lowest BCUT2D eigenvalue weighted by Gasteiger charge is -2.18. The summed E-state index contributed by atoms with van der Waals surface area (Å²) in [5.74, 6) is 0.873. The molecule has 0 saturated carbocycles. The zero-order chi connectivity index (χ0) is 14.3. The van der Waals surface area contributed by atoms with Gasteiger partial charge in [-0.15, -0.1) is 24.0 Å². The van der Waals surface area contributed by atoms with Crippen molar-refractivity contribution in [1.82, 2.24) is 15.2 Å². The molecule has 1 rings (SSSR count). The number of aliphatic imine (C=N–C) groups is 1. The van der Waals surface area contributed by atoms with Crippen molar-refractivity contribution in [2.24, 2.45) is 17.5 Å². The van der Waals surface area contributed by atoms with Gasteiger partial charge in [-0.25, -0.2) is 0 Å². The normalized spacial score (nSPS) is 11.9. The Kier molecular flexibility index (Phi) is 8.93. The first-order valence-corrected chi connectivity index (χ1v) is 6.96. The van der Waals surface area contributed by atoms with Gasteiger partial charge in [0.15, 0.2) is 5.96 Å². The average molecular weight is 392 g/mol. The summed E-state index contributed by atoms with van der Waals surface area (Å²) in [5, 5.41) is 6.67. The monoisotopic (exact) mass is 392 g/mol. The molecule has 0 saturated heterocycles. The van der Waals surface area contributed by atoms with Gasteiger partial charge >= 0.3 is 0 Å². The van der Waals surface area contributed by atoms with Gasteiger partial charge in [-0.1, -0.05) is 20.8 Å². The largest absolute Gasteiger partial charge is 0.357 e. The SMILES string of the molecule is CN=C(NCCCC(C)(C)C)NCc1ccn(C)c1.I. The molecule has 0 spiro atoms. The highest BCUT2D eigenvalue weighted by atomic mass is 127. The van der Waals surface area contributed by atoms with Crippen molar-refractivity contribution in [3.63, 3.8) is 0 Å². The molecular formula is C15H29IN4. The fraction of sp³-hybridized carbons (Fsp3) is 0.667. The van der Waals surface area contributed by atoms with Crippen LogP contribution in [0.15, 0.2) is 23.5 Å². The van der Waals surface area contributed by atoms with E-state index in [1.54, 1.807) is 0 Å². The highest BCUT2D eigenvalue weighted by Gasteiger charge is 2.09. The molecule has 0 bridgehead atoms. The lowest BCUT2D eigenvalue weighted by atomic mass is 9.91. The summed E-state index contributed by atoms with van der Waals surface area (Å²) >= 11 is 0. The maximum atomic E-state index is 4.23. The predicted octanol–water partition coefficient (Wildman–Crippen LogP) is 3.13. The van der Waals surface area contributed by atoms with Crippen LogP contribution in [0.3, 0.4) is 0 Å². The van der Waals surface area contributed by atoms with Gasteiger partial charge in [0.1, 0.15) is 0 Å². The van der Waals surface area contributed by atoms with Gasteiger partial charge in [-0.05, 0) is 29.9 Å². The van der Waals surface area contributed by atoms with Crippen LogP contribution in [0.25, 0.3) is 0 Å². The van der Waals surface area contributed by atoms with Crippen LogP contribution in [0.1, 0.15) is 39.2 Å². The minimum absolute atomic E-state index is 0. The maximum absolute atomic E-state index is 4.23. The van der Waals surface area contributed by atoms with Gasteiger partial charge in [0.25, 0.3) is 0 Å². The van der Waals surface area contributed by atoms with Gasteiger partial charge in [0.2, 0.25) is 0 Å². The number of hydrogen-bond donors (Lipinski definition) is 2. The number of guanidine groups is 1. The van der Waals surface area contributed by atoms with Crippen molar-refractivity contribution in [2.75, 3.05) is 13.6 Å². The van der Waals surface area contributed by atoms with Crippen LogP contribution in [0, 0.1) is 5.41 Å². The maximum Gasteiger partial charge on any atom is 0.191 e. The summed E-state index contributed by atoms with van der Waals surface area (Å²) in [6, 6.07) is 2.11. The van der Waals surface area contributed by atoms with Crippen molar-refractivity contribution < 1.29 is 0 Å². The first kappa shape index (κ1) is 19.3. The van der Waals surface area contributed by atoms with Gasteiger partial charge in [0, 0.05) is 39.6 Å². The van der Waals surface area contributed by atoms with Gasteiger partial charge in [0.05, 0.1) is 0 Å². The standard InChI is InChI=1S/C15H28N4.HI/c1-15(2,3)8-6-9-17-14(16-4)18-11-13-7-10-19(5)12-13;/h7,10,12H,6,8-9,11H2,1-5H3,(H2,16,17,18);1H. The first-order chi connectivity index (χ1) is 8.90. The van der Waals surface area contributed by atoms with Crippen molar-refractivity contribution in [1.29, 1.82) is 0 Å². The van der Waals surface area contributed by atoms with Gasteiger partial charge in [-0.2, -0.15) is 0 Å². The topological polar surface area (TPSA) is 41.4 Å². The smallest absolute Gasteiger partial charge is 0.191 e. The Bertz CT molecular complexity index is 404. The van der Waals surface area contributed by atoms with Crippen molar-refractivity contribution >= 4 is 29.9 Å². The summed E-state index contributed by atoms with van der Waals surface area (Å²) in [6.45, 7) is 8.59.